The van der Waals surface area contributed by atoms with E-state index >= 15 is 0 Å². The third kappa shape index (κ3) is 2.41. The molecule has 23 heavy (non-hydrogen) atoms. The molecule has 4 heteroatoms. The number of rotatable bonds is 3. The maximum absolute atomic E-state index is 11.3. The Hall–Kier alpha value is -2.26. The average molecular weight is 326 g/mol. The number of halogens is 1. The SMILES string of the molecule is O=C(O)c1c[nH]c2cc(Cl)c(-c3ccc(C4CCC4)cc3)cc12. The summed E-state index contributed by atoms with van der Waals surface area (Å²) in [5, 5.41) is 10.6. The minimum Gasteiger partial charge on any atom is -0.478 e. The predicted molar refractivity (Wildman–Crippen MR) is 92.3 cm³/mol. The van der Waals surface area contributed by atoms with E-state index in [-0.39, 0.29) is 5.56 Å². The van der Waals surface area contributed by atoms with Crippen molar-refractivity contribution in [2.45, 2.75) is 25.2 Å². The van der Waals surface area contributed by atoms with Crippen molar-refractivity contribution >= 4 is 28.5 Å². The first kappa shape index (κ1) is 14.3. The second-order valence-electron chi connectivity index (χ2n) is 6.13. The quantitative estimate of drug-likeness (QED) is 0.672. The van der Waals surface area contributed by atoms with Gasteiger partial charge < -0.3 is 10.1 Å². The number of aromatic nitrogens is 1. The Morgan fingerprint density at radius 3 is 2.52 bits per heavy atom. The lowest BCUT2D eigenvalue weighted by Gasteiger charge is -2.25. The molecule has 1 aliphatic carbocycles. The number of H-pyrrole nitrogens is 1. The summed E-state index contributed by atoms with van der Waals surface area (Å²) in [5.74, 6) is -0.241. The molecule has 0 atom stereocenters. The molecule has 3 nitrogen and oxygen atoms in total. The molecule has 1 fully saturated rings. The molecule has 2 aromatic carbocycles. The average Bonchev–Trinajstić information content (AvgIpc) is 2.88. The molecule has 0 bridgehead atoms. The molecule has 0 amide bonds. The van der Waals surface area contributed by atoms with Crippen molar-refractivity contribution in [1.29, 1.82) is 0 Å². The van der Waals surface area contributed by atoms with Crippen molar-refractivity contribution in [3.8, 4) is 11.1 Å². The number of hydrogen-bond acceptors (Lipinski definition) is 1. The largest absolute Gasteiger partial charge is 0.478 e. The zero-order chi connectivity index (χ0) is 16.0. The lowest BCUT2D eigenvalue weighted by Crippen LogP contribution is -2.08. The van der Waals surface area contributed by atoms with Crippen molar-refractivity contribution in [2.24, 2.45) is 0 Å². The summed E-state index contributed by atoms with van der Waals surface area (Å²) in [5.41, 5.74) is 4.26. The maximum Gasteiger partial charge on any atom is 0.337 e. The summed E-state index contributed by atoms with van der Waals surface area (Å²) in [6, 6.07) is 12.1. The Morgan fingerprint density at radius 2 is 1.91 bits per heavy atom. The molecule has 4 rings (SSSR count). The zero-order valence-electron chi connectivity index (χ0n) is 12.5. The number of carbonyl (C=O) groups is 1. The minimum absolute atomic E-state index is 0.268. The summed E-state index contributed by atoms with van der Waals surface area (Å²) >= 11 is 6.40. The van der Waals surface area contributed by atoms with Gasteiger partial charge in [-0.2, -0.15) is 0 Å². The normalized spacial score (nSPS) is 14.8. The second kappa shape index (κ2) is 5.43. The van der Waals surface area contributed by atoms with E-state index in [4.69, 9.17) is 11.6 Å². The Bertz CT molecular complexity index is 892. The third-order valence-electron chi connectivity index (χ3n) is 4.80. The number of carboxylic acid groups (broad SMARTS) is 1. The van der Waals surface area contributed by atoms with E-state index in [9.17, 15) is 9.90 Å². The Morgan fingerprint density at radius 1 is 1.17 bits per heavy atom. The fourth-order valence-electron chi connectivity index (χ4n) is 3.22. The number of nitrogens with one attached hydrogen (secondary N) is 1. The number of carboxylic acids is 1. The van der Waals surface area contributed by atoms with Gasteiger partial charge in [-0.3, -0.25) is 0 Å². The number of aromatic carboxylic acids is 1. The topological polar surface area (TPSA) is 53.1 Å². The van der Waals surface area contributed by atoms with Crippen LogP contribution in [0.5, 0.6) is 0 Å². The van der Waals surface area contributed by atoms with Crippen LogP contribution >= 0.6 is 11.6 Å². The lowest BCUT2D eigenvalue weighted by molar-refractivity contribution is 0.0699. The maximum atomic E-state index is 11.3. The highest BCUT2D eigenvalue weighted by Gasteiger charge is 2.19. The molecular formula is C19H16ClNO2. The molecule has 1 aromatic heterocycles. The molecule has 2 N–H and O–H groups in total. The van der Waals surface area contributed by atoms with Crippen LogP contribution in [0, 0.1) is 0 Å². The van der Waals surface area contributed by atoms with Gasteiger partial charge in [-0.25, -0.2) is 4.79 Å². The number of aromatic amines is 1. The van der Waals surface area contributed by atoms with E-state index in [1.165, 1.54) is 31.0 Å². The fourth-order valence-corrected chi connectivity index (χ4v) is 3.49. The van der Waals surface area contributed by atoms with Crippen LogP contribution in [0.2, 0.25) is 5.02 Å². The van der Waals surface area contributed by atoms with Crippen molar-refractivity contribution in [3.63, 3.8) is 0 Å². The van der Waals surface area contributed by atoms with Crippen LogP contribution in [0.15, 0.2) is 42.6 Å². The van der Waals surface area contributed by atoms with Crippen LogP contribution in [-0.4, -0.2) is 16.1 Å². The van der Waals surface area contributed by atoms with Crippen molar-refractivity contribution in [3.05, 3.63) is 58.7 Å². The molecule has 1 aliphatic rings. The summed E-state index contributed by atoms with van der Waals surface area (Å²) in [6.45, 7) is 0. The summed E-state index contributed by atoms with van der Waals surface area (Å²) in [7, 11) is 0. The van der Waals surface area contributed by atoms with Gasteiger partial charge in [-0.1, -0.05) is 42.3 Å². The monoisotopic (exact) mass is 325 g/mol. The van der Waals surface area contributed by atoms with Crippen molar-refractivity contribution < 1.29 is 9.90 Å². The highest BCUT2D eigenvalue weighted by atomic mass is 35.5. The summed E-state index contributed by atoms with van der Waals surface area (Å²) < 4.78 is 0. The van der Waals surface area contributed by atoms with Gasteiger partial charge in [0.1, 0.15) is 0 Å². The van der Waals surface area contributed by atoms with Gasteiger partial charge in [0.25, 0.3) is 0 Å². The predicted octanol–water partition coefficient (Wildman–Crippen LogP) is 5.45. The highest BCUT2D eigenvalue weighted by molar-refractivity contribution is 6.34. The first-order valence-electron chi connectivity index (χ1n) is 7.78. The highest BCUT2D eigenvalue weighted by Crippen LogP contribution is 2.38. The van der Waals surface area contributed by atoms with Crippen LogP contribution in [0.25, 0.3) is 22.0 Å². The van der Waals surface area contributed by atoms with E-state index in [2.05, 4.69) is 29.2 Å². The van der Waals surface area contributed by atoms with E-state index in [0.717, 1.165) is 16.6 Å². The number of hydrogen-bond donors (Lipinski definition) is 2. The Balaban J connectivity index is 1.79. The molecule has 0 radical (unpaired) electrons. The second-order valence-corrected chi connectivity index (χ2v) is 6.54. The Kier molecular flexibility index (Phi) is 3.38. The van der Waals surface area contributed by atoms with E-state index in [0.29, 0.717) is 16.3 Å². The van der Waals surface area contributed by atoms with Gasteiger partial charge >= 0.3 is 5.97 Å². The Labute approximate surface area is 138 Å². The number of benzene rings is 2. The van der Waals surface area contributed by atoms with Crippen molar-refractivity contribution in [1.82, 2.24) is 4.98 Å². The van der Waals surface area contributed by atoms with Gasteiger partial charge in [-0.15, -0.1) is 0 Å². The minimum atomic E-state index is -0.940. The zero-order valence-corrected chi connectivity index (χ0v) is 13.2. The molecule has 1 heterocycles. The third-order valence-corrected chi connectivity index (χ3v) is 5.11. The van der Waals surface area contributed by atoms with Crippen LogP contribution < -0.4 is 0 Å². The van der Waals surface area contributed by atoms with Crippen molar-refractivity contribution in [2.75, 3.05) is 0 Å². The van der Waals surface area contributed by atoms with Gasteiger partial charge in [0.05, 0.1) is 10.6 Å². The molecule has 0 unspecified atom stereocenters. The van der Waals surface area contributed by atoms with Crippen LogP contribution in [0.4, 0.5) is 0 Å². The lowest BCUT2D eigenvalue weighted by atomic mass is 9.80. The molecule has 3 aromatic rings. The van der Waals surface area contributed by atoms with Gasteiger partial charge in [-0.05, 0) is 42.0 Å². The van der Waals surface area contributed by atoms with Gasteiger partial charge in [0.15, 0.2) is 0 Å². The number of fused-ring (bicyclic) bond motifs is 1. The molecular weight excluding hydrogens is 310 g/mol. The molecule has 0 spiro atoms. The summed E-state index contributed by atoms with van der Waals surface area (Å²) in [6.07, 6.45) is 5.38. The molecule has 0 aliphatic heterocycles. The standard InChI is InChI=1S/C19H16ClNO2/c20-17-9-18-15(16(10-21-18)19(22)23)8-14(17)13-6-4-12(5-7-13)11-2-1-3-11/h4-11,21H,1-3H2,(H,22,23). The first-order chi connectivity index (χ1) is 11.1. The molecule has 1 saturated carbocycles. The van der Waals surface area contributed by atoms with E-state index < -0.39 is 5.97 Å². The van der Waals surface area contributed by atoms with Crippen LogP contribution in [0.3, 0.4) is 0 Å². The smallest absolute Gasteiger partial charge is 0.337 e. The molecule has 0 saturated heterocycles. The fraction of sp³-hybridized carbons (Fsp3) is 0.211. The summed E-state index contributed by atoms with van der Waals surface area (Å²) in [4.78, 5) is 14.3. The van der Waals surface area contributed by atoms with E-state index in [1.807, 2.05) is 6.07 Å². The van der Waals surface area contributed by atoms with Gasteiger partial charge in [0.2, 0.25) is 0 Å². The van der Waals surface area contributed by atoms with Crippen LogP contribution in [0.1, 0.15) is 41.1 Å². The first-order valence-corrected chi connectivity index (χ1v) is 8.15. The van der Waals surface area contributed by atoms with Gasteiger partial charge in [0, 0.05) is 22.7 Å². The van der Waals surface area contributed by atoms with E-state index in [1.54, 1.807) is 6.07 Å². The molecule has 116 valence electrons. The van der Waals surface area contributed by atoms with Crippen LogP contribution in [-0.2, 0) is 0 Å².